The molecule has 1 aliphatic rings. The number of urea groups is 1. The monoisotopic (exact) mass is 538 g/mol. The predicted molar refractivity (Wildman–Crippen MR) is 142 cm³/mol. The smallest absolute Gasteiger partial charge is 0.376 e. The number of aliphatic hydroxyl groups is 1. The topological polar surface area (TPSA) is 95.3 Å². The van der Waals surface area contributed by atoms with Gasteiger partial charge in [0.15, 0.2) is 5.60 Å². The summed E-state index contributed by atoms with van der Waals surface area (Å²) in [6.07, 6.45) is 2.06. The zero-order valence-electron chi connectivity index (χ0n) is 21.3. The van der Waals surface area contributed by atoms with E-state index in [0.717, 1.165) is 49.5 Å². The Morgan fingerprint density at radius 3 is 2.33 bits per heavy atom. The number of fused-ring (bicyclic) bond motifs is 1. The Morgan fingerprint density at radius 1 is 1.00 bits per heavy atom. The minimum Gasteiger partial charge on any atom is -0.376 e. The van der Waals surface area contributed by atoms with Gasteiger partial charge in [-0.05, 0) is 61.2 Å². The number of aromatic nitrogens is 3. The average molecular weight is 539 g/mol. The van der Waals surface area contributed by atoms with Crippen molar-refractivity contribution >= 4 is 28.4 Å². The fraction of sp³-hybridized carbons (Fsp3) is 0.321. The summed E-state index contributed by atoms with van der Waals surface area (Å²) in [6, 6.07) is 14.9. The van der Waals surface area contributed by atoms with E-state index in [-0.39, 0.29) is 17.6 Å². The second kappa shape index (κ2) is 10.7. The Morgan fingerprint density at radius 2 is 1.67 bits per heavy atom. The van der Waals surface area contributed by atoms with Crippen LogP contribution in [0.4, 0.5) is 29.3 Å². The number of piperidine rings is 1. The van der Waals surface area contributed by atoms with E-state index in [4.69, 9.17) is 0 Å². The van der Waals surface area contributed by atoms with Crippen LogP contribution in [0.25, 0.3) is 11.0 Å². The molecule has 0 spiro atoms. The van der Waals surface area contributed by atoms with Crippen LogP contribution in [0.1, 0.15) is 36.9 Å². The van der Waals surface area contributed by atoms with Gasteiger partial charge in [0.05, 0.1) is 17.4 Å². The Balaban J connectivity index is 1.19. The van der Waals surface area contributed by atoms with Crippen molar-refractivity contribution in [2.24, 2.45) is 0 Å². The molecule has 1 fully saturated rings. The number of halogens is 3. The number of carbonyl (C=O) groups excluding carboxylic acids is 1. The Hall–Kier alpha value is -3.96. The molecule has 0 aliphatic carbocycles. The molecule has 1 unspecified atom stereocenters. The normalized spacial score (nSPS) is 16.6. The highest BCUT2D eigenvalue weighted by atomic mass is 19.4. The number of nitrogens with one attached hydrogen (secondary N) is 2. The number of hydrogen-bond acceptors (Lipinski definition) is 5. The second-order valence-electron chi connectivity index (χ2n) is 9.94. The number of nitrogens with zero attached hydrogens (tertiary/aromatic N) is 4. The molecule has 1 atom stereocenters. The number of benzene rings is 2. The van der Waals surface area contributed by atoms with E-state index in [9.17, 15) is 23.1 Å². The number of anilines is 2. The lowest BCUT2D eigenvalue weighted by atomic mass is 9.94. The molecule has 8 nitrogen and oxygen atoms in total. The van der Waals surface area contributed by atoms with Gasteiger partial charge in [-0.1, -0.05) is 24.3 Å². The minimum atomic E-state index is -4.74. The van der Waals surface area contributed by atoms with E-state index in [1.165, 1.54) is 12.1 Å². The summed E-state index contributed by atoms with van der Waals surface area (Å²) in [7, 11) is 0. The molecule has 39 heavy (non-hydrogen) atoms. The van der Waals surface area contributed by atoms with Crippen LogP contribution in [-0.4, -0.2) is 49.8 Å². The van der Waals surface area contributed by atoms with E-state index in [0.29, 0.717) is 17.9 Å². The van der Waals surface area contributed by atoms with E-state index in [1.54, 1.807) is 36.7 Å². The summed E-state index contributed by atoms with van der Waals surface area (Å²) >= 11 is 0. The van der Waals surface area contributed by atoms with Crippen molar-refractivity contribution in [1.82, 2.24) is 19.4 Å². The van der Waals surface area contributed by atoms with Gasteiger partial charge >= 0.3 is 12.2 Å². The van der Waals surface area contributed by atoms with Gasteiger partial charge in [-0.2, -0.15) is 13.2 Å². The van der Waals surface area contributed by atoms with Gasteiger partial charge < -0.3 is 20.3 Å². The summed E-state index contributed by atoms with van der Waals surface area (Å²) in [5, 5.41) is 15.5. The van der Waals surface area contributed by atoms with Crippen molar-refractivity contribution in [3.63, 3.8) is 0 Å². The first-order valence-electron chi connectivity index (χ1n) is 12.7. The Kier molecular flexibility index (Phi) is 7.28. The Labute approximate surface area is 223 Å². The number of alkyl halides is 3. The fourth-order valence-electron chi connectivity index (χ4n) is 4.84. The number of hydrogen-bond donors (Lipinski definition) is 3. The predicted octanol–water partition coefficient (Wildman–Crippen LogP) is 5.68. The van der Waals surface area contributed by atoms with Crippen LogP contribution in [0, 0.1) is 0 Å². The van der Waals surface area contributed by atoms with Crippen molar-refractivity contribution in [2.45, 2.75) is 44.1 Å². The van der Waals surface area contributed by atoms with Crippen molar-refractivity contribution < 1.29 is 23.1 Å². The maximum absolute atomic E-state index is 13.1. The molecule has 4 aromatic rings. The summed E-state index contributed by atoms with van der Waals surface area (Å²) in [4.78, 5) is 23.1. The standard InChI is InChI=1S/C28H29F3N6O2/c1-27(39,28(29,30)31)20-4-2-19(3-5-20)17-36-14-10-23(11-15-36)37-18-33-24-7-6-22(16-25(24)37)35-26(38)34-21-8-12-32-13-9-21/h2-9,12-13,16,18,23,39H,10-11,14-15,17H2,1H3,(H2,32,34,35,38). The quantitative estimate of drug-likeness (QED) is 0.294. The van der Waals surface area contributed by atoms with Crippen molar-refractivity contribution in [3.05, 3.63) is 84.4 Å². The lowest BCUT2D eigenvalue weighted by molar-refractivity contribution is -0.258. The molecule has 2 aromatic carbocycles. The highest BCUT2D eigenvalue weighted by Gasteiger charge is 2.51. The highest BCUT2D eigenvalue weighted by molar-refractivity contribution is 6.00. The van der Waals surface area contributed by atoms with Gasteiger partial charge in [0.1, 0.15) is 0 Å². The molecule has 2 aromatic heterocycles. The third kappa shape index (κ3) is 5.89. The molecular weight excluding hydrogens is 509 g/mol. The first kappa shape index (κ1) is 26.6. The molecule has 204 valence electrons. The third-order valence-corrected chi connectivity index (χ3v) is 7.20. The van der Waals surface area contributed by atoms with Gasteiger partial charge in [-0.3, -0.25) is 9.88 Å². The summed E-state index contributed by atoms with van der Waals surface area (Å²) in [5.74, 6) is 0. The van der Waals surface area contributed by atoms with Crippen LogP contribution in [0.2, 0.25) is 0 Å². The number of rotatable bonds is 6. The molecule has 11 heteroatoms. The molecule has 5 rings (SSSR count). The highest BCUT2D eigenvalue weighted by Crippen LogP contribution is 2.38. The van der Waals surface area contributed by atoms with Crippen molar-refractivity contribution in [1.29, 1.82) is 0 Å². The lowest BCUT2D eigenvalue weighted by Gasteiger charge is -2.33. The zero-order chi connectivity index (χ0) is 27.6. The fourth-order valence-corrected chi connectivity index (χ4v) is 4.84. The van der Waals surface area contributed by atoms with Crippen LogP contribution in [0.5, 0.6) is 0 Å². The third-order valence-electron chi connectivity index (χ3n) is 7.20. The molecular formula is C28H29F3N6O2. The zero-order valence-corrected chi connectivity index (χ0v) is 21.3. The molecule has 3 heterocycles. The molecule has 1 saturated heterocycles. The maximum atomic E-state index is 13.1. The molecule has 3 N–H and O–H groups in total. The largest absolute Gasteiger partial charge is 0.421 e. The minimum absolute atomic E-state index is 0.173. The van der Waals surface area contributed by atoms with E-state index in [1.807, 2.05) is 24.5 Å². The van der Waals surface area contributed by atoms with Crippen molar-refractivity contribution in [2.75, 3.05) is 23.7 Å². The first-order valence-corrected chi connectivity index (χ1v) is 12.7. The van der Waals surface area contributed by atoms with E-state index < -0.39 is 11.8 Å². The van der Waals surface area contributed by atoms with Crippen molar-refractivity contribution in [3.8, 4) is 0 Å². The van der Waals surface area contributed by atoms with Gasteiger partial charge in [0.25, 0.3) is 0 Å². The number of pyridine rings is 1. The van der Waals surface area contributed by atoms with Gasteiger partial charge in [-0.25, -0.2) is 9.78 Å². The van der Waals surface area contributed by atoms with Crippen LogP contribution in [-0.2, 0) is 12.1 Å². The number of likely N-dealkylation sites (tertiary alicyclic amines) is 1. The van der Waals surface area contributed by atoms with Crippen LogP contribution in [0.3, 0.4) is 0 Å². The van der Waals surface area contributed by atoms with Gasteiger partial charge in [0, 0.05) is 49.4 Å². The summed E-state index contributed by atoms with van der Waals surface area (Å²) in [5.41, 5.74) is 0.911. The Bertz CT molecular complexity index is 1430. The summed E-state index contributed by atoms with van der Waals surface area (Å²) in [6.45, 7) is 3.02. The van der Waals surface area contributed by atoms with Crippen LogP contribution < -0.4 is 10.6 Å². The maximum Gasteiger partial charge on any atom is 0.421 e. The first-order chi connectivity index (χ1) is 18.6. The van der Waals surface area contributed by atoms with Crippen LogP contribution in [0.15, 0.2) is 73.3 Å². The van der Waals surface area contributed by atoms with E-state index in [2.05, 4.69) is 30.1 Å². The SMILES string of the molecule is CC(O)(c1ccc(CN2CCC(n3cnc4ccc(NC(=O)Nc5ccncc5)cc43)CC2)cc1)C(F)(F)F. The molecule has 1 aliphatic heterocycles. The number of amides is 2. The second-order valence-corrected chi connectivity index (χ2v) is 9.94. The van der Waals surface area contributed by atoms with E-state index >= 15 is 0 Å². The number of imidazole rings is 1. The molecule has 2 amide bonds. The summed E-state index contributed by atoms with van der Waals surface area (Å²) < 4.78 is 41.5. The van der Waals surface area contributed by atoms with Crippen LogP contribution >= 0.6 is 0 Å². The lowest BCUT2D eigenvalue weighted by Crippen LogP contribution is -2.39. The molecule has 0 radical (unpaired) electrons. The average Bonchev–Trinajstić information content (AvgIpc) is 3.33. The molecule has 0 saturated carbocycles. The van der Waals surface area contributed by atoms with Gasteiger partial charge in [0.2, 0.25) is 0 Å². The van der Waals surface area contributed by atoms with Gasteiger partial charge in [-0.15, -0.1) is 0 Å². The number of carbonyl (C=O) groups is 1. The molecule has 0 bridgehead atoms.